The summed E-state index contributed by atoms with van der Waals surface area (Å²) in [6.45, 7) is 6.18. The van der Waals surface area contributed by atoms with Crippen LogP contribution in [0.5, 0.6) is 0 Å². The molecule has 0 saturated heterocycles. The van der Waals surface area contributed by atoms with E-state index in [1.807, 2.05) is 6.92 Å². The molecule has 0 amide bonds. The lowest BCUT2D eigenvalue weighted by molar-refractivity contribution is 0.727. The SMILES string of the molecule is CCC(C)C(C)=NNC(N)=S. The van der Waals surface area contributed by atoms with Crippen molar-refractivity contribution in [2.45, 2.75) is 27.2 Å². The van der Waals surface area contributed by atoms with E-state index in [-0.39, 0.29) is 5.11 Å². The normalized spacial score (nSPS) is 14.3. The zero-order valence-corrected chi connectivity index (χ0v) is 8.03. The van der Waals surface area contributed by atoms with Gasteiger partial charge >= 0.3 is 0 Å². The lowest BCUT2D eigenvalue weighted by atomic mass is 10.1. The van der Waals surface area contributed by atoms with Gasteiger partial charge < -0.3 is 5.73 Å². The summed E-state index contributed by atoms with van der Waals surface area (Å²) in [7, 11) is 0. The van der Waals surface area contributed by atoms with Crippen molar-refractivity contribution in [3.63, 3.8) is 0 Å². The van der Waals surface area contributed by atoms with Gasteiger partial charge in [-0.3, -0.25) is 5.43 Å². The van der Waals surface area contributed by atoms with Crippen LogP contribution >= 0.6 is 12.2 Å². The zero-order valence-electron chi connectivity index (χ0n) is 7.22. The topological polar surface area (TPSA) is 50.4 Å². The predicted molar refractivity (Wildman–Crippen MR) is 52.5 cm³/mol. The fourth-order valence-electron chi connectivity index (χ4n) is 0.549. The van der Waals surface area contributed by atoms with Crippen molar-refractivity contribution >= 4 is 23.0 Å². The summed E-state index contributed by atoms with van der Waals surface area (Å²) >= 11 is 4.60. The van der Waals surface area contributed by atoms with Crippen LogP contribution in [-0.4, -0.2) is 10.8 Å². The second kappa shape index (κ2) is 5.07. The van der Waals surface area contributed by atoms with Crippen LogP contribution in [0.1, 0.15) is 27.2 Å². The molecule has 1 unspecified atom stereocenters. The van der Waals surface area contributed by atoms with E-state index < -0.39 is 0 Å². The molecule has 0 heterocycles. The molecular formula is C7H15N3S. The Hall–Kier alpha value is -0.640. The molecule has 64 valence electrons. The summed E-state index contributed by atoms with van der Waals surface area (Å²) in [6.07, 6.45) is 1.08. The minimum atomic E-state index is 0.215. The molecule has 0 aromatic heterocycles. The van der Waals surface area contributed by atoms with Crippen LogP contribution in [0.4, 0.5) is 0 Å². The van der Waals surface area contributed by atoms with E-state index >= 15 is 0 Å². The van der Waals surface area contributed by atoms with Gasteiger partial charge in [0.15, 0.2) is 5.11 Å². The van der Waals surface area contributed by atoms with Crippen LogP contribution in [0.25, 0.3) is 0 Å². The third-order valence-corrected chi connectivity index (χ3v) is 1.76. The summed E-state index contributed by atoms with van der Waals surface area (Å²) < 4.78 is 0. The number of nitrogens with two attached hydrogens (primary N) is 1. The highest BCUT2D eigenvalue weighted by Gasteiger charge is 2.01. The third kappa shape index (κ3) is 4.72. The number of rotatable bonds is 3. The van der Waals surface area contributed by atoms with Crippen LogP contribution in [-0.2, 0) is 0 Å². The average molecular weight is 173 g/mol. The molecule has 0 rings (SSSR count). The first-order valence-electron chi connectivity index (χ1n) is 3.67. The Balaban J connectivity index is 3.89. The fourth-order valence-corrected chi connectivity index (χ4v) is 0.595. The van der Waals surface area contributed by atoms with E-state index in [0.717, 1.165) is 12.1 Å². The van der Waals surface area contributed by atoms with Gasteiger partial charge in [-0.05, 0) is 31.5 Å². The first-order chi connectivity index (χ1) is 5.07. The molecular weight excluding hydrogens is 158 g/mol. The minimum Gasteiger partial charge on any atom is -0.375 e. The molecule has 11 heavy (non-hydrogen) atoms. The molecule has 0 aromatic carbocycles. The molecule has 0 bridgehead atoms. The highest BCUT2D eigenvalue weighted by atomic mass is 32.1. The smallest absolute Gasteiger partial charge is 0.184 e. The third-order valence-electron chi connectivity index (χ3n) is 1.67. The van der Waals surface area contributed by atoms with Crippen molar-refractivity contribution in [3.05, 3.63) is 0 Å². The van der Waals surface area contributed by atoms with Crippen LogP contribution in [0.2, 0.25) is 0 Å². The molecule has 0 radical (unpaired) electrons. The van der Waals surface area contributed by atoms with Crippen molar-refractivity contribution in [3.8, 4) is 0 Å². The molecule has 3 N–H and O–H groups in total. The lowest BCUT2D eigenvalue weighted by Gasteiger charge is -2.07. The second-order valence-corrected chi connectivity index (χ2v) is 2.98. The minimum absolute atomic E-state index is 0.215. The second-order valence-electron chi connectivity index (χ2n) is 2.54. The maximum atomic E-state index is 5.20. The molecule has 0 spiro atoms. The van der Waals surface area contributed by atoms with E-state index in [1.165, 1.54) is 0 Å². The van der Waals surface area contributed by atoms with Gasteiger partial charge in [0.05, 0.1) is 0 Å². The summed E-state index contributed by atoms with van der Waals surface area (Å²) in [5.74, 6) is 0.483. The molecule has 4 heteroatoms. The van der Waals surface area contributed by atoms with E-state index in [4.69, 9.17) is 5.73 Å². The van der Waals surface area contributed by atoms with Gasteiger partial charge in [-0.1, -0.05) is 13.8 Å². The molecule has 0 fully saturated rings. The lowest BCUT2D eigenvalue weighted by Crippen LogP contribution is -2.26. The molecule has 0 aliphatic heterocycles. The Morgan fingerprint density at radius 3 is 2.64 bits per heavy atom. The summed E-state index contributed by atoms with van der Waals surface area (Å²) in [5.41, 5.74) is 8.78. The number of nitrogens with one attached hydrogen (secondary N) is 1. The van der Waals surface area contributed by atoms with E-state index in [2.05, 4.69) is 36.6 Å². The summed E-state index contributed by atoms with van der Waals surface area (Å²) in [4.78, 5) is 0. The maximum Gasteiger partial charge on any atom is 0.184 e. The number of nitrogens with zero attached hydrogens (tertiary/aromatic N) is 1. The largest absolute Gasteiger partial charge is 0.375 e. The van der Waals surface area contributed by atoms with Crippen LogP contribution in [0.3, 0.4) is 0 Å². The highest BCUT2D eigenvalue weighted by Crippen LogP contribution is 2.01. The number of hydrogen-bond donors (Lipinski definition) is 2. The van der Waals surface area contributed by atoms with Crippen LogP contribution < -0.4 is 11.2 Å². The summed E-state index contributed by atoms with van der Waals surface area (Å²) in [5, 5.41) is 4.21. The maximum absolute atomic E-state index is 5.20. The van der Waals surface area contributed by atoms with E-state index in [0.29, 0.717) is 5.92 Å². The Bertz CT molecular complexity index is 165. The fraction of sp³-hybridized carbons (Fsp3) is 0.714. The quantitative estimate of drug-likeness (QED) is 0.383. The standard InChI is InChI=1S/C7H15N3S/c1-4-5(2)6(3)9-10-7(8)11/h5H,4H2,1-3H3,(H3,8,10,11). The van der Waals surface area contributed by atoms with Crippen molar-refractivity contribution in [1.82, 2.24) is 5.43 Å². The first-order valence-corrected chi connectivity index (χ1v) is 4.08. The molecule has 0 saturated carbocycles. The number of thiocarbonyl (C=S) groups is 1. The van der Waals surface area contributed by atoms with Gasteiger partial charge in [-0.2, -0.15) is 5.10 Å². The number of hydrazone groups is 1. The number of hydrogen-bond acceptors (Lipinski definition) is 2. The first kappa shape index (κ1) is 10.4. The van der Waals surface area contributed by atoms with Crippen molar-refractivity contribution in [1.29, 1.82) is 0 Å². The Kier molecular flexibility index (Phi) is 4.77. The Labute approximate surface area is 73.0 Å². The van der Waals surface area contributed by atoms with Gasteiger partial charge in [0.2, 0.25) is 0 Å². The molecule has 0 aliphatic carbocycles. The van der Waals surface area contributed by atoms with Gasteiger partial charge in [-0.15, -0.1) is 0 Å². The van der Waals surface area contributed by atoms with Crippen molar-refractivity contribution in [2.75, 3.05) is 0 Å². The molecule has 0 aromatic rings. The molecule has 3 nitrogen and oxygen atoms in total. The van der Waals surface area contributed by atoms with Crippen molar-refractivity contribution < 1.29 is 0 Å². The monoisotopic (exact) mass is 173 g/mol. The van der Waals surface area contributed by atoms with Gasteiger partial charge in [0, 0.05) is 5.71 Å². The van der Waals surface area contributed by atoms with E-state index in [9.17, 15) is 0 Å². The van der Waals surface area contributed by atoms with Gasteiger partial charge in [0.25, 0.3) is 0 Å². The van der Waals surface area contributed by atoms with E-state index in [1.54, 1.807) is 0 Å². The Morgan fingerprint density at radius 2 is 2.27 bits per heavy atom. The van der Waals surface area contributed by atoms with Crippen LogP contribution in [0, 0.1) is 5.92 Å². The molecule has 1 atom stereocenters. The summed E-state index contributed by atoms with van der Waals surface area (Å²) in [6, 6.07) is 0. The average Bonchev–Trinajstić information content (AvgIpc) is 1.98. The van der Waals surface area contributed by atoms with Crippen molar-refractivity contribution in [2.24, 2.45) is 16.8 Å². The van der Waals surface area contributed by atoms with Gasteiger partial charge in [0.1, 0.15) is 0 Å². The van der Waals surface area contributed by atoms with Gasteiger partial charge in [-0.25, -0.2) is 0 Å². The highest BCUT2D eigenvalue weighted by molar-refractivity contribution is 7.80. The Morgan fingerprint density at radius 1 is 1.73 bits per heavy atom. The zero-order chi connectivity index (χ0) is 8.85. The predicted octanol–water partition coefficient (Wildman–Crippen LogP) is 1.24. The van der Waals surface area contributed by atoms with Crippen LogP contribution in [0.15, 0.2) is 5.10 Å². The molecule has 0 aliphatic rings.